The summed E-state index contributed by atoms with van der Waals surface area (Å²) < 4.78 is 0. The highest BCUT2D eigenvalue weighted by Crippen LogP contribution is 2.26. The number of rotatable bonds is 11. The van der Waals surface area contributed by atoms with E-state index < -0.39 is 0 Å². The third kappa shape index (κ3) is 6.57. The molecule has 3 aromatic carbocycles. The topological polar surface area (TPSA) is 92.1 Å². The van der Waals surface area contributed by atoms with Gasteiger partial charge in [0.2, 0.25) is 11.8 Å². The Balaban J connectivity index is 1.35. The minimum atomic E-state index is -0.251. The molecule has 2 amide bonds. The molecular weight excluding hydrogens is 436 g/mol. The van der Waals surface area contributed by atoms with Gasteiger partial charge in [-0.15, -0.1) is 0 Å². The van der Waals surface area contributed by atoms with Crippen LogP contribution in [0.5, 0.6) is 0 Å². The Bertz CT molecular complexity index is 1310. The van der Waals surface area contributed by atoms with E-state index in [0.717, 1.165) is 53.9 Å². The van der Waals surface area contributed by atoms with Crippen molar-refractivity contribution < 1.29 is 9.59 Å². The van der Waals surface area contributed by atoms with Crippen LogP contribution in [0.15, 0.2) is 72.9 Å². The third-order valence-corrected chi connectivity index (χ3v) is 6.28. The van der Waals surface area contributed by atoms with Crippen molar-refractivity contribution in [3.63, 3.8) is 0 Å². The normalized spacial score (nSPS) is 11.0. The molecule has 4 aromatic rings. The standard InChI is InChI=1S/C29H32N4O2/c1-33(16-7-3-2-4-13-27(30)34)28(35)18-21-9-8-12-25(17-21)29-31-20-26(32-29)24-15-14-22-10-5-6-11-23(22)19-24/h5-6,8-12,14-15,17,19-20H,2-4,7,13,16,18H2,1H3,(H2,30,34)(H,31,32). The van der Waals surface area contributed by atoms with E-state index in [0.29, 0.717) is 19.4 Å². The summed E-state index contributed by atoms with van der Waals surface area (Å²) in [5.74, 6) is 0.626. The Kier molecular flexibility index (Phi) is 7.93. The molecule has 1 heterocycles. The number of primary amides is 1. The fourth-order valence-electron chi connectivity index (χ4n) is 4.24. The molecule has 0 bridgehead atoms. The van der Waals surface area contributed by atoms with Crippen LogP contribution >= 0.6 is 0 Å². The van der Waals surface area contributed by atoms with E-state index in [1.165, 1.54) is 10.8 Å². The van der Waals surface area contributed by atoms with E-state index in [2.05, 4.69) is 40.3 Å². The largest absolute Gasteiger partial charge is 0.370 e. The Hall–Kier alpha value is -3.93. The molecule has 0 saturated heterocycles. The predicted molar refractivity (Wildman–Crippen MR) is 141 cm³/mol. The van der Waals surface area contributed by atoms with Gasteiger partial charge in [0.15, 0.2) is 0 Å². The van der Waals surface area contributed by atoms with E-state index in [-0.39, 0.29) is 11.8 Å². The zero-order valence-corrected chi connectivity index (χ0v) is 20.2. The summed E-state index contributed by atoms with van der Waals surface area (Å²) in [4.78, 5) is 33.3. The first-order valence-electron chi connectivity index (χ1n) is 12.2. The molecule has 0 unspecified atom stereocenters. The first-order chi connectivity index (χ1) is 17.0. The van der Waals surface area contributed by atoms with Crippen molar-refractivity contribution >= 4 is 22.6 Å². The van der Waals surface area contributed by atoms with E-state index in [1.54, 1.807) is 4.90 Å². The van der Waals surface area contributed by atoms with Crippen LogP contribution in [0.4, 0.5) is 0 Å². The number of H-pyrrole nitrogens is 1. The molecule has 0 spiro atoms. The summed E-state index contributed by atoms with van der Waals surface area (Å²) in [5, 5.41) is 2.40. The number of unbranched alkanes of at least 4 members (excludes halogenated alkanes) is 3. The van der Waals surface area contributed by atoms with Gasteiger partial charge in [0.05, 0.1) is 18.3 Å². The van der Waals surface area contributed by atoms with Crippen LogP contribution in [0.2, 0.25) is 0 Å². The highest BCUT2D eigenvalue weighted by atomic mass is 16.2. The number of nitrogens with zero attached hydrogens (tertiary/aromatic N) is 2. The second kappa shape index (κ2) is 11.5. The first-order valence-corrected chi connectivity index (χ1v) is 12.2. The number of carbonyl (C=O) groups excluding carboxylic acids is 2. The van der Waals surface area contributed by atoms with Gasteiger partial charge in [-0.3, -0.25) is 9.59 Å². The van der Waals surface area contributed by atoms with E-state index in [1.807, 2.05) is 49.6 Å². The van der Waals surface area contributed by atoms with Gasteiger partial charge in [-0.05, 0) is 41.3 Å². The van der Waals surface area contributed by atoms with Gasteiger partial charge in [0, 0.05) is 31.1 Å². The number of benzene rings is 3. The lowest BCUT2D eigenvalue weighted by molar-refractivity contribution is -0.129. The van der Waals surface area contributed by atoms with Crippen molar-refractivity contribution in [1.29, 1.82) is 0 Å². The van der Waals surface area contributed by atoms with Crippen LogP contribution in [-0.2, 0) is 16.0 Å². The molecule has 0 aliphatic carbocycles. The first kappa shape index (κ1) is 24.2. The molecule has 0 atom stereocenters. The maximum Gasteiger partial charge on any atom is 0.226 e. The summed E-state index contributed by atoms with van der Waals surface area (Å²) >= 11 is 0. The number of aromatic amines is 1. The van der Waals surface area contributed by atoms with E-state index >= 15 is 0 Å². The van der Waals surface area contributed by atoms with Gasteiger partial charge in [-0.1, -0.05) is 67.4 Å². The fraction of sp³-hybridized carbons (Fsp3) is 0.276. The molecule has 6 heteroatoms. The SMILES string of the molecule is CN(CCCCCCC(N)=O)C(=O)Cc1cccc(-c2ncc(-c3ccc4ccccc4c3)[nH]2)c1. The maximum absolute atomic E-state index is 12.7. The molecule has 3 N–H and O–H groups in total. The van der Waals surface area contributed by atoms with Crippen molar-refractivity contribution in [2.24, 2.45) is 5.73 Å². The molecule has 0 fully saturated rings. The molecule has 6 nitrogen and oxygen atoms in total. The number of hydrogen-bond acceptors (Lipinski definition) is 3. The number of amides is 2. The average molecular weight is 469 g/mol. The molecule has 35 heavy (non-hydrogen) atoms. The Labute approximate surface area is 206 Å². The maximum atomic E-state index is 12.7. The molecular formula is C29H32N4O2. The van der Waals surface area contributed by atoms with Crippen LogP contribution in [0.1, 0.15) is 37.7 Å². The van der Waals surface area contributed by atoms with Crippen molar-refractivity contribution in [1.82, 2.24) is 14.9 Å². The van der Waals surface area contributed by atoms with E-state index in [9.17, 15) is 9.59 Å². The van der Waals surface area contributed by atoms with Crippen molar-refractivity contribution in [3.8, 4) is 22.6 Å². The average Bonchev–Trinajstić information content (AvgIpc) is 3.36. The highest BCUT2D eigenvalue weighted by Gasteiger charge is 2.12. The lowest BCUT2D eigenvalue weighted by Crippen LogP contribution is -2.29. The summed E-state index contributed by atoms with van der Waals surface area (Å²) in [6, 6.07) is 22.7. The number of carbonyl (C=O) groups is 2. The minimum Gasteiger partial charge on any atom is -0.370 e. The number of nitrogens with two attached hydrogens (primary N) is 1. The number of aromatic nitrogens is 2. The molecule has 0 saturated carbocycles. The Morgan fingerprint density at radius 1 is 0.886 bits per heavy atom. The Morgan fingerprint density at radius 3 is 2.51 bits per heavy atom. The minimum absolute atomic E-state index is 0.0931. The van der Waals surface area contributed by atoms with Gasteiger partial charge in [-0.25, -0.2) is 4.98 Å². The van der Waals surface area contributed by atoms with Crippen molar-refractivity contribution in [2.45, 2.75) is 38.5 Å². The van der Waals surface area contributed by atoms with E-state index in [4.69, 9.17) is 5.73 Å². The van der Waals surface area contributed by atoms with Gasteiger partial charge in [0.1, 0.15) is 5.82 Å². The second-order valence-corrected chi connectivity index (χ2v) is 9.03. The van der Waals surface area contributed by atoms with Crippen molar-refractivity contribution in [2.75, 3.05) is 13.6 Å². The van der Waals surface area contributed by atoms with Crippen LogP contribution in [0.3, 0.4) is 0 Å². The van der Waals surface area contributed by atoms with Gasteiger partial charge in [0.25, 0.3) is 0 Å². The molecule has 180 valence electrons. The molecule has 0 aliphatic rings. The smallest absolute Gasteiger partial charge is 0.226 e. The third-order valence-electron chi connectivity index (χ3n) is 6.28. The van der Waals surface area contributed by atoms with Crippen LogP contribution in [-0.4, -0.2) is 40.3 Å². The lowest BCUT2D eigenvalue weighted by atomic mass is 10.1. The number of fused-ring (bicyclic) bond motifs is 1. The number of hydrogen-bond donors (Lipinski definition) is 2. The van der Waals surface area contributed by atoms with Gasteiger partial charge < -0.3 is 15.6 Å². The monoisotopic (exact) mass is 468 g/mol. The quantitative estimate of drug-likeness (QED) is 0.291. The summed E-state index contributed by atoms with van der Waals surface area (Å²) in [6.45, 7) is 0.711. The van der Waals surface area contributed by atoms with Crippen molar-refractivity contribution in [3.05, 3.63) is 78.5 Å². The van der Waals surface area contributed by atoms with Gasteiger partial charge >= 0.3 is 0 Å². The fourth-order valence-corrected chi connectivity index (χ4v) is 4.24. The van der Waals surface area contributed by atoms with Crippen LogP contribution < -0.4 is 5.73 Å². The zero-order chi connectivity index (χ0) is 24.6. The Morgan fingerprint density at radius 2 is 1.69 bits per heavy atom. The predicted octanol–water partition coefficient (Wildman–Crippen LogP) is 5.33. The summed E-state index contributed by atoms with van der Waals surface area (Å²) in [6.07, 6.45) is 6.32. The molecule has 1 aromatic heterocycles. The number of imidazole rings is 1. The molecule has 4 rings (SSSR count). The summed E-state index contributed by atoms with van der Waals surface area (Å²) in [7, 11) is 1.85. The highest BCUT2D eigenvalue weighted by molar-refractivity contribution is 5.87. The summed E-state index contributed by atoms with van der Waals surface area (Å²) in [5.41, 5.74) is 9.13. The molecule has 0 radical (unpaired) electrons. The van der Waals surface area contributed by atoms with Crippen LogP contribution in [0.25, 0.3) is 33.4 Å². The zero-order valence-electron chi connectivity index (χ0n) is 20.2. The molecule has 0 aliphatic heterocycles. The van der Waals surface area contributed by atoms with Crippen LogP contribution in [0, 0.1) is 0 Å². The second-order valence-electron chi connectivity index (χ2n) is 9.03. The number of nitrogens with one attached hydrogen (secondary N) is 1. The lowest BCUT2D eigenvalue weighted by Gasteiger charge is -2.17. The number of likely N-dealkylation sites (N-methyl/N-ethyl adjacent to an activating group) is 1. The van der Waals surface area contributed by atoms with Gasteiger partial charge in [-0.2, -0.15) is 0 Å².